The first-order chi connectivity index (χ1) is 9.22. The highest BCUT2D eigenvalue weighted by Crippen LogP contribution is 2.33. The number of rotatable bonds is 3. The van der Waals surface area contributed by atoms with E-state index in [4.69, 9.17) is 10.2 Å². The van der Waals surface area contributed by atoms with Gasteiger partial charge in [-0.1, -0.05) is 19.9 Å². The summed E-state index contributed by atoms with van der Waals surface area (Å²) in [5.41, 5.74) is 3.24. The topological polar surface area (TPSA) is 41.1 Å². The van der Waals surface area contributed by atoms with E-state index in [1.807, 2.05) is 6.07 Å². The molecule has 5 heteroatoms. The van der Waals surface area contributed by atoms with E-state index in [0.717, 1.165) is 22.0 Å². The van der Waals surface area contributed by atoms with Crippen molar-refractivity contribution in [3.63, 3.8) is 0 Å². The fourth-order valence-electron chi connectivity index (χ4n) is 2.24. The van der Waals surface area contributed by atoms with Crippen LogP contribution in [0.2, 0.25) is 0 Å². The third-order valence-electron chi connectivity index (χ3n) is 3.06. The van der Waals surface area contributed by atoms with Crippen LogP contribution in [-0.4, -0.2) is 9.38 Å². The molecule has 0 aliphatic heterocycles. The van der Waals surface area contributed by atoms with Crippen LogP contribution >= 0.6 is 22.7 Å². The van der Waals surface area contributed by atoms with Gasteiger partial charge in [0.2, 0.25) is 0 Å². The molecule has 0 radical (unpaired) electrons. The molecule has 3 rings (SSSR count). The molecule has 0 atom stereocenters. The van der Waals surface area contributed by atoms with Crippen molar-refractivity contribution < 1.29 is 0 Å². The zero-order chi connectivity index (χ0) is 13.4. The van der Waals surface area contributed by atoms with Crippen molar-refractivity contribution >= 4 is 27.6 Å². The molecule has 3 heterocycles. The lowest BCUT2D eigenvalue weighted by atomic mass is 10.1. The number of nitriles is 1. The van der Waals surface area contributed by atoms with Crippen molar-refractivity contribution in [3.8, 4) is 16.6 Å². The lowest BCUT2D eigenvalue weighted by Crippen LogP contribution is -1.98. The van der Waals surface area contributed by atoms with E-state index in [1.54, 1.807) is 22.7 Å². The van der Waals surface area contributed by atoms with Crippen LogP contribution in [0.5, 0.6) is 0 Å². The summed E-state index contributed by atoms with van der Waals surface area (Å²) in [6.45, 7) is 4.25. The minimum Gasteiger partial charge on any atom is -0.285 e. The van der Waals surface area contributed by atoms with Gasteiger partial charge >= 0.3 is 0 Å². The second-order valence-electron chi connectivity index (χ2n) is 4.65. The number of fused-ring (bicyclic) bond motifs is 1. The van der Waals surface area contributed by atoms with Gasteiger partial charge < -0.3 is 0 Å². The Morgan fingerprint density at radius 2 is 2.26 bits per heavy atom. The fourth-order valence-corrected chi connectivity index (χ4v) is 3.96. The molecule has 0 aromatic carbocycles. The third-order valence-corrected chi connectivity index (χ3v) is 4.78. The zero-order valence-corrected chi connectivity index (χ0v) is 12.4. The number of aromatic nitrogens is 2. The maximum absolute atomic E-state index is 9.08. The molecule has 3 aromatic rings. The molecule has 0 bridgehead atoms. The van der Waals surface area contributed by atoms with Crippen LogP contribution < -0.4 is 0 Å². The molecule has 0 saturated carbocycles. The lowest BCUT2D eigenvalue weighted by molar-refractivity contribution is 0.814. The highest BCUT2D eigenvalue weighted by Gasteiger charge is 2.19. The second-order valence-corrected chi connectivity index (χ2v) is 6.43. The Bertz CT molecular complexity index is 742. The highest BCUT2D eigenvalue weighted by atomic mass is 32.1. The number of hydrogen-bond donors (Lipinski definition) is 0. The maximum Gasteiger partial charge on any atom is 0.194 e. The Labute approximate surface area is 119 Å². The molecule has 0 saturated heterocycles. The fraction of sp³-hybridized carbons (Fsp3) is 0.286. The van der Waals surface area contributed by atoms with Gasteiger partial charge in [-0.2, -0.15) is 5.26 Å². The van der Waals surface area contributed by atoms with Crippen LogP contribution in [0.3, 0.4) is 0 Å². The Morgan fingerprint density at radius 3 is 2.89 bits per heavy atom. The van der Waals surface area contributed by atoms with E-state index in [1.165, 1.54) is 4.88 Å². The van der Waals surface area contributed by atoms with E-state index >= 15 is 0 Å². The van der Waals surface area contributed by atoms with Crippen molar-refractivity contribution in [1.82, 2.24) is 9.38 Å². The van der Waals surface area contributed by atoms with Gasteiger partial charge in [0.15, 0.2) is 4.96 Å². The first-order valence-electron chi connectivity index (χ1n) is 6.12. The number of hydrogen-bond acceptors (Lipinski definition) is 4. The summed E-state index contributed by atoms with van der Waals surface area (Å²) in [4.78, 5) is 6.90. The largest absolute Gasteiger partial charge is 0.285 e. The molecule has 3 nitrogen and oxygen atoms in total. The molecule has 0 N–H and O–H groups in total. The average Bonchev–Trinajstić information content (AvgIpc) is 3.04. The maximum atomic E-state index is 9.08. The molecule has 0 aliphatic carbocycles. The first kappa shape index (κ1) is 12.4. The van der Waals surface area contributed by atoms with Crippen molar-refractivity contribution in [2.75, 3.05) is 0 Å². The number of nitrogens with zero attached hydrogens (tertiary/aromatic N) is 3. The van der Waals surface area contributed by atoms with E-state index in [2.05, 4.69) is 41.1 Å². The monoisotopic (exact) mass is 287 g/mol. The number of thiophene rings is 1. The van der Waals surface area contributed by atoms with Gasteiger partial charge in [0.05, 0.1) is 34.4 Å². The summed E-state index contributed by atoms with van der Waals surface area (Å²) in [6, 6.07) is 6.42. The zero-order valence-electron chi connectivity index (χ0n) is 10.8. The predicted octanol–water partition coefficient (Wildman–Crippen LogP) is 4.31. The van der Waals surface area contributed by atoms with E-state index < -0.39 is 0 Å². The molecule has 3 aromatic heterocycles. The van der Waals surface area contributed by atoms with E-state index in [0.29, 0.717) is 12.3 Å². The Kier molecular flexibility index (Phi) is 3.13. The van der Waals surface area contributed by atoms with Crippen LogP contribution in [0.15, 0.2) is 22.9 Å². The normalized spacial score (nSPS) is 11.3. The molecule has 19 heavy (non-hydrogen) atoms. The molecular weight excluding hydrogens is 274 g/mol. The van der Waals surface area contributed by atoms with Crippen LogP contribution in [0, 0.1) is 11.3 Å². The van der Waals surface area contributed by atoms with E-state index in [9.17, 15) is 0 Å². The van der Waals surface area contributed by atoms with Gasteiger partial charge in [-0.15, -0.1) is 22.7 Å². The number of imidazole rings is 1. The Hall–Kier alpha value is -1.64. The minimum atomic E-state index is 0.339. The molecule has 0 spiro atoms. The van der Waals surface area contributed by atoms with Gasteiger partial charge in [0, 0.05) is 5.38 Å². The minimum absolute atomic E-state index is 0.339. The standard InChI is InChI=1S/C14H13N3S2/c1-9(2)13-10(5-6-15)17-11(8-19-14(17)16-13)12-4-3-7-18-12/h3-4,7-9H,5H2,1-2H3. The molecule has 0 amide bonds. The molecular formula is C14H13N3S2. The Balaban J connectivity index is 2.29. The van der Waals surface area contributed by atoms with Gasteiger partial charge in [-0.05, 0) is 17.4 Å². The number of thiazole rings is 1. The summed E-state index contributed by atoms with van der Waals surface area (Å²) < 4.78 is 2.15. The van der Waals surface area contributed by atoms with Crippen LogP contribution in [-0.2, 0) is 6.42 Å². The summed E-state index contributed by atoms with van der Waals surface area (Å²) in [5.74, 6) is 0.339. The summed E-state index contributed by atoms with van der Waals surface area (Å²) >= 11 is 3.35. The molecule has 0 aliphatic rings. The van der Waals surface area contributed by atoms with Gasteiger partial charge in [0.1, 0.15) is 0 Å². The highest BCUT2D eigenvalue weighted by molar-refractivity contribution is 7.16. The molecule has 0 unspecified atom stereocenters. The van der Waals surface area contributed by atoms with Gasteiger partial charge in [-0.3, -0.25) is 4.40 Å². The van der Waals surface area contributed by atoms with E-state index in [-0.39, 0.29) is 0 Å². The molecule has 0 fully saturated rings. The van der Waals surface area contributed by atoms with Crippen LogP contribution in [0.4, 0.5) is 0 Å². The lowest BCUT2D eigenvalue weighted by Gasteiger charge is -2.05. The molecule has 96 valence electrons. The second kappa shape index (κ2) is 4.80. The van der Waals surface area contributed by atoms with Crippen LogP contribution in [0.25, 0.3) is 15.5 Å². The average molecular weight is 287 g/mol. The first-order valence-corrected chi connectivity index (χ1v) is 7.88. The van der Waals surface area contributed by atoms with Crippen LogP contribution in [0.1, 0.15) is 31.2 Å². The summed E-state index contributed by atoms with van der Waals surface area (Å²) in [5, 5.41) is 13.3. The summed E-state index contributed by atoms with van der Waals surface area (Å²) in [7, 11) is 0. The van der Waals surface area contributed by atoms with Crippen molar-refractivity contribution in [3.05, 3.63) is 34.3 Å². The smallest absolute Gasteiger partial charge is 0.194 e. The summed E-state index contributed by atoms with van der Waals surface area (Å²) in [6.07, 6.45) is 0.407. The van der Waals surface area contributed by atoms with Gasteiger partial charge in [-0.25, -0.2) is 4.98 Å². The Morgan fingerprint density at radius 1 is 1.42 bits per heavy atom. The quantitative estimate of drug-likeness (QED) is 0.720. The van der Waals surface area contributed by atoms with Crippen molar-refractivity contribution in [1.29, 1.82) is 5.26 Å². The van der Waals surface area contributed by atoms with Crippen molar-refractivity contribution in [2.45, 2.75) is 26.2 Å². The third kappa shape index (κ3) is 1.97. The van der Waals surface area contributed by atoms with Gasteiger partial charge in [0.25, 0.3) is 0 Å². The predicted molar refractivity (Wildman–Crippen MR) is 79.8 cm³/mol. The SMILES string of the molecule is CC(C)c1nc2scc(-c3cccs3)n2c1CC#N. The van der Waals surface area contributed by atoms with Crippen molar-refractivity contribution in [2.24, 2.45) is 0 Å².